The molecule has 0 radical (unpaired) electrons. The number of amides is 1. The predicted octanol–water partition coefficient (Wildman–Crippen LogP) is 4.16. The van der Waals surface area contributed by atoms with Gasteiger partial charge >= 0.3 is 0 Å². The maximum atomic E-state index is 13.2. The molecule has 138 valence electrons. The zero-order chi connectivity index (χ0) is 19.2. The lowest BCUT2D eigenvalue weighted by Crippen LogP contribution is -2.92. The summed E-state index contributed by atoms with van der Waals surface area (Å²) in [6.45, 7) is 1.84. The van der Waals surface area contributed by atoms with E-state index in [2.05, 4.69) is 29.6 Å². The highest BCUT2D eigenvalue weighted by Crippen LogP contribution is 2.22. The quantitative estimate of drug-likeness (QED) is 0.659. The number of carbonyl (C=O) groups excluding carboxylic acids is 1. The van der Waals surface area contributed by atoms with E-state index in [1.54, 1.807) is 0 Å². The lowest BCUT2D eigenvalue weighted by molar-refractivity contribution is -0.704. The molecular weight excluding hydrogens is 363 g/mol. The highest BCUT2D eigenvalue weighted by molar-refractivity contribution is 6.33. The normalized spacial score (nSPS) is 12.0. The van der Waals surface area contributed by atoms with Gasteiger partial charge in [-0.05, 0) is 25.1 Å². The maximum Gasteiger partial charge on any atom is 0.282 e. The molecule has 0 bridgehead atoms. The Hall–Kier alpha value is -2.69. The fourth-order valence-electron chi connectivity index (χ4n) is 2.95. The van der Waals surface area contributed by atoms with Crippen LogP contribution in [0.15, 0.2) is 78.9 Å². The van der Waals surface area contributed by atoms with Crippen molar-refractivity contribution in [3.8, 4) is 0 Å². The molecule has 3 aromatic rings. The van der Waals surface area contributed by atoms with Gasteiger partial charge in [-0.1, -0.05) is 72.3 Å². The molecule has 27 heavy (non-hydrogen) atoms. The molecule has 3 nitrogen and oxygen atoms in total. The molecule has 0 saturated heterocycles. The third kappa shape index (κ3) is 4.94. The van der Waals surface area contributed by atoms with Crippen molar-refractivity contribution >= 4 is 23.2 Å². The van der Waals surface area contributed by atoms with Gasteiger partial charge in [-0.3, -0.25) is 4.79 Å². The molecule has 0 aliphatic heterocycles. The number of rotatable bonds is 6. The molecule has 0 aromatic heterocycles. The van der Waals surface area contributed by atoms with Gasteiger partial charge in [0.1, 0.15) is 11.9 Å². The molecule has 0 aliphatic rings. The van der Waals surface area contributed by atoms with Crippen LogP contribution >= 0.6 is 11.6 Å². The number of hydrogen-bond donors (Lipinski definition) is 2. The van der Waals surface area contributed by atoms with Crippen LogP contribution in [0.2, 0.25) is 5.02 Å². The first kappa shape index (κ1) is 19.1. The van der Waals surface area contributed by atoms with Gasteiger partial charge in [0.05, 0.1) is 10.7 Å². The van der Waals surface area contributed by atoms with Gasteiger partial charge in [-0.25, -0.2) is 4.39 Å². The number of quaternary nitrogens is 1. The Kier molecular flexibility index (Phi) is 6.22. The summed E-state index contributed by atoms with van der Waals surface area (Å²) in [5.74, 6) is -0.633. The second-order valence-electron chi connectivity index (χ2n) is 6.39. The van der Waals surface area contributed by atoms with E-state index in [1.807, 2.05) is 48.6 Å². The van der Waals surface area contributed by atoms with Crippen molar-refractivity contribution in [2.75, 3.05) is 5.32 Å². The van der Waals surface area contributed by atoms with E-state index in [4.69, 9.17) is 11.6 Å². The zero-order valence-electron chi connectivity index (χ0n) is 14.9. The molecule has 1 atom stereocenters. The van der Waals surface area contributed by atoms with E-state index >= 15 is 0 Å². The first-order valence-electron chi connectivity index (χ1n) is 8.75. The van der Waals surface area contributed by atoms with Gasteiger partial charge < -0.3 is 10.6 Å². The predicted molar refractivity (Wildman–Crippen MR) is 106 cm³/mol. The highest BCUT2D eigenvalue weighted by atomic mass is 35.5. The number of benzene rings is 3. The van der Waals surface area contributed by atoms with Crippen LogP contribution in [0.4, 0.5) is 10.1 Å². The number of carbonyl (C=O) groups is 1. The number of hydrogen-bond acceptors (Lipinski definition) is 1. The largest absolute Gasteiger partial charge is 0.326 e. The van der Waals surface area contributed by atoms with Crippen molar-refractivity contribution in [3.63, 3.8) is 0 Å². The molecule has 0 heterocycles. The van der Waals surface area contributed by atoms with Gasteiger partial charge in [0, 0.05) is 11.1 Å². The minimum Gasteiger partial charge on any atom is -0.326 e. The Morgan fingerprint density at radius 1 is 0.963 bits per heavy atom. The van der Waals surface area contributed by atoms with Crippen LogP contribution in [-0.4, -0.2) is 11.9 Å². The van der Waals surface area contributed by atoms with Crippen LogP contribution in [-0.2, 0) is 4.79 Å². The molecule has 0 unspecified atom stereocenters. The molecule has 0 saturated carbocycles. The molecule has 3 rings (SSSR count). The van der Waals surface area contributed by atoms with Crippen LogP contribution in [0.5, 0.6) is 0 Å². The third-order valence-corrected chi connectivity index (χ3v) is 4.71. The monoisotopic (exact) mass is 383 g/mol. The topological polar surface area (TPSA) is 45.7 Å². The fraction of sp³-hybridized carbons (Fsp3) is 0.136. The lowest BCUT2D eigenvalue weighted by atomic mass is 9.98. The molecule has 0 aliphatic carbocycles. The Morgan fingerprint density at radius 2 is 1.52 bits per heavy atom. The van der Waals surface area contributed by atoms with Crippen molar-refractivity contribution in [2.24, 2.45) is 0 Å². The summed E-state index contributed by atoms with van der Waals surface area (Å²) in [4.78, 5) is 12.7. The highest BCUT2D eigenvalue weighted by Gasteiger charge is 2.25. The van der Waals surface area contributed by atoms with Crippen LogP contribution in [0.3, 0.4) is 0 Å². The van der Waals surface area contributed by atoms with Crippen molar-refractivity contribution in [1.82, 2.24) is 0 Å². The molecule has 3 N–H and O–H groups in total. The summed E-state index contributed by atoms with van der Waals surface area (Å²) < 4.78 is 13.2. The summed E-state index contributed by atoms with van der Waals surface area (Å²) in [5, 5.41) is 4.97. The first-order chi connectivity index (χ1) is 13.0. The Labute approximate surface area is 163 Å². The van der Waals surface area contributed by atoms with Gasteiger partial charge in [0.2, 0.25) is 0 Å². The smallest absolute Gasteiger partial charge is 0.282 e. The van der Waals surface area contributed by atoms with E-state index in [9.17, 15) is 9.18 Å². The summed E-state index contributed by atoms with van der Waals surface area (Å²) in [5.41, 5.74) is 2.63. The zero-order valence-corrected chi connectivity index (χ0v) is 15.7. The Bertz CT molecular complexity index is 863. The van der Waals surface area contributed by atoms with Crippen molar-refractivity contribution in [3.05, 3.63) is 101 Å². The second kappa shape index (κ2) is 8.80. The summed E-state index contributed by atoms with van der Waals surface area (Å²) in [6, 6.07) is 23.6. The molecule has 0 fully saturated rings. The number of halogens is 2. The van der Waals surface area contributed by atoms with Gasteiger partial charge in [-0.2, -0.15) is 0 Å². The van der Waals surface area contributed by atoms with Crippen molar-refractivity contribution in [1.29, 1.82) is 0 Å². The fourth-order valence-corrected chi connectivity index (χ4v) is 3.16. The summed E-state index contributed by atoms with van der Waals surface area (Å²) >= 11 is 6.01. The van der Waals surface area contributed by atoms with Gasteiger partial charge in [-0.15, -0.1) is 0 Å². The molecule has 3 aromatic carbocycles. The molecule has 0 spiro atoms. The second-order valence-corrected chi connectivity index (χ2v) is 6.80. The lowest BCUT2D eigenvalue weighted by Gasteiger charge is -2.21. The van der Waals surface area contributed by atoms with E-state index < -0.39 is 5.82 Å². The number of nitrogens with two attached hydrogens (primary N) is 1. The minimum absolute atomic E-state index is 0.0168. The summed E-state index contributed by atoms with van der Waals surface area (Å²) in [7, 11) is 0. The summed E-state index contributed by atoms with van der Waals surface area (Å²) in [6.07, 6.45) is 0. The van der Waals surface area contributed by atoms with E-state index in [1.165, 1.54) is 18.2 Å². The molecular formula is C22H21ClFN2O+. The van der Waals surface area contributed by atoms with Crippen molar-refractivity contribution in [2.45, 2.75) is 19.0 Å². The Morgan fingerprint density at radius 3 is 2.04 bits per heavy atom. The van der Waals surface area contributed by atoms with Gasteiger partial charge in [0.15, 0.2) is 6.04 Å². The van der Waals surface area contributed by atoms with E-state index in [-0.39, 0.29) is 23.0 Å². The SMILES string of the molecule is C[C@H]([NH2+]C(c1ccccc1)c1ccccc1)C(=O)Nc1ccc(F)cc1Cl. The molecule has 5 heteroatoms. The first-order valence-corrected chi connectivity index (χ1v) is 9.13. The van der Waals surface area contributed by atoms with Crippen LogP contribution < -0.4 is 10.6 Å². The van der Waals surface area contributed by atoms with Crippen LogP contribution in [0, 0.1) is 5.82 Å². The maximum absolute atomic E-state index is 13.2. The standard InChI is InChI=1S/C22H20ClFN2O/c1-15(22(27)26-20-13-12-18(24)14-19(20)23)25-21(16-8-4-2-5-9-16)17-10-6-3-7-11-17/h2-15,21,25H,1H3,(H,26,27)/p+1/t15-/m0/s1. The number of anilines is 1. The van der Waals surface area contributed by atoms with E-state index in [0.29, 0.717) is 5.69 Å². The average molecular weight is 384 g/mol. The third-order valence-electron chi connectivity index (χ3n) is 4.40. The van der Waals surface area contributed by atoms with Crippen LogP contribution in [0.25, 0.3) is 0 Å². The van der Waals surface area contributed by atoms with Crippen molar-refractivity contribution < 1.29 is 14.5 Å². The minimum atomic E-state index is -0.439. The van der Waals surface area contributed by atoms with E-state index in [0.717, 1.165) is 11.1 Å². The number of nitrogens with one attached hydrogen (secondary N) is 1. The average Bonchev–Trinajstić information content (AvgIpc) is 2.69. The van der Waals surface area contributed by atoms with Crippen LogP contribution in [0.1, 0.15) is 24.1 Å². The Balaban J connectivity index is 1.78. The molecule has 1 amide bonds. The van der Waals surface area contributed by atoms with Gasteiger partial charge in [0.25, 0.3) is 5.91 Å².